The molecule has 1 unspecified atom stereocenters. The maximum atomic E-state index is 13.0. The van der Waals surface area contributed by atoms with Gasteiger partial charge in [0, 0.05) is 29.1 Å². The molecule has 3 N–H and O–H groups in total. The van der Waals surface area contributed by atoms with Gasteiger partial charge in [0.15, 0.2) is 0 Å². The van der Waals surface area contributed by atoms with Crippen LogP contribution in [0.15, 0.2) is 35.3 Å². The van der Waals surface area contributed by atoms with Crippen molar-refractivity contribution in [2.24, 2.45) is 28.9 Å². The number of amides is 2. The first-order valence-electron chi connectivity index (χ1n) is 11.1. The van der Waals surface area contributed by atoms with Gasteiger partial charge in [-0.05, 0) is 86.8 Å². The third-order valence-corrected chi connectivity index (χ3v) is 7.78. The van der Waals surface area contributed by atoms with Crippen molar-refractivity contribution in [2.45, 2.75) is 57.9 Å². The molecule has 0 aliphatic heterocycles. The van der Waals surface area contributed by atoms with Crippen LogP contribution >= 0.6 is 0 Å². The number of pyridine rings is 1. The number of rotatable bonds is 5. The molecule has 158 valence electrons. The highest BCUT2D eigenvalue weighted by Crippen LogP contribution is 2.61. The molecule has 1 aromatic heterocycles. The fourth-order valence-electron chi connectivity index (χ4n) is 6.89. The fraction of sp³-hybridized carbons (Fsp3) is 0.542. The molecule has 6 rings (SSSR count). The van der Waals surface area contributed by atoms with Gasteiger partial charge >= 0.3 is 0 Å². The standard InChI is InChI=1S/C24H29N3O3/c1-14(22(25)29)27-6-5-18-19(23(27)30)3-2-4-20(18)26-21(28)13-24-10-15-7-16(11-24)9-17(8-15)12-24/h2-6,14-17H,7-13H2,1H3,(H2,25,29)(H,26,28). The number of anilines is 1. The van der Waals surface area contributed by atoms with Crippen molar-refractivity contribution in [3.8, 4) is 0 Å². The second-order valence-electron chi connectivity index (χ2n) is 10.0. The second kappa shape index (κ2) is 6.96. The van der Waals surface area contributed by atoms with Crippen LogP contribution in [0.5, 0.6) is 0 Å². The van der Waals surface area contributed by atoms with Crippen LogP contribution in [0.2, 0.25) is 0 Å². The number of primary amides is 1. The molecule has 4 bridgehead atoms. The summed E-state index contributed by atoms with van der Waals surface area (Å²) in [6.07, 6.45) is 9.81. The molecule has 1 aromatic carbocycles. The van der Waals surface area contributed by atoms with Crippen LogP contribution in [-0.2, 0) is 9.59 Å². The molecule has 6 heteroatoms. The Morgan fingerprint density at radius 2 is 1.73 bits per heavy atom. The van der Waals surface area contributed by atoms with Crippen molar-refractivity contribution < 1.29 is 9.59 Å². The molecule has 30 heavy (non-hydrogen) atoms. The second-order valence-corrected chi connectivity index (χ2v) is 10.0. The summed E-state index contributed by atoms with van der Waals surface area (Å²) in [5.74, 6) is 1.92. The molecule has 4 saturated carbocycles. The van der Waals surface area contributed by atoms with E-state index in [0.29, 0.717) is 22.9 Å². The van der Waals surface area contributed by atoms with E-state index in [9.17, 15) is 14.4 Å². The van der Waals surface area contributed by atoms with Gasteiger partial charge in [-0.15, -0.1) is 0 Å². The minimum atomic E-state index is -0.726. The van der Waals surface area contributed by atoms with Crippen molar-refractivity contribution in [1.29, 1.82) is 0 Å². The van der Waals surface area contributed by atoms with Gasteiger partial charge in [0.2, 0.25) is 11.8 Å². The monoisotopic (exact) mass is 407 g/mol. The van der Waals surface area contributed by atoms with E-state index in [1.54, 1.807) is 31.3 Å². The molecule has 4 fully saturated rings. The molecule has 4 aliphatic carbocycles. The number of nitrogens with two attached hydrogens (primary N) is 1. The number of carbonyl (C=O) groups excluding carboxylic acids is 2. The minimum absolute atomic E-state index is 0.0409. The predicted molar refractivity (Wildman–Crippen MR) is 116 cm³/mol. The van der Waals surface area contributed by atoms with E-state index in [1.807, 2.05) is 6.07 Å². The minimum Gasteiger partial charge on any atom is -0.368 e. The van der Waals surface area contributed by atoms with Gasteiger partial charge in [0.05, 0.1) is 0 Å². The number of nitrogens with one attached hydrogen (secondary N) is 1. The van der Waals surface area contributed by atoms with Gasteiger partial charge in [-0.2, -0.15) is 0 Å². The Morgan fingerprint density at radius 1 is 1.10 bits per heavy atom. The Hall–Kier alpha value is -2.63. The summed E-state index contributed by atoms with van der Waals surface area (Å²) < 4.78 is 1.34. The molecule has 0 spiro atoms. The van der Waals surface area contributed by atoms with Crippen LogP contribution in [0, 0.1) is 23.2 Å². The van der Waals surface area contributed by atoms with E-state index in [1.165, 1.54) is 43.1 Å². The summed E-state index contributed by atoms with van der Waals surface area (Å²) in [6.45, 7) is 1.60. The first kappa shape index (κ1) is 19.3. The Balaban J connectivity index is 1.39. The lowest BCUT2D eigenvalue weighted by molar-refractivity contribution is -0.124. The molecule has 0 radical (unpaired) electrons. The SMILES string of the molecule is CC(C(N)=O)n1ccc2c(NC(=O)CC34CC5CC(CC(C5)C3)C4)cccc2c1=O. The maximum absolute atomic E-state index is 13.0. The van der Waals surface area contributed by atoms with Crippen LogP contribution in [0.25, 0.3) is 10.8 Å². The lowest BCUT2D eigenvalue weighted by atomic mass is 9.49. The van der Waals surface area contributed by atoms with E-state index in [2.05, 4.69) is 5.32 Å². The van der Waals surface area contributed by atoms with Crippen LogP contribution in [0.3, 0.4) is 0 Å². The fourth-order valence-corrected chi connectivity index (χ4v) is 6.89. The van der Waals surface area contributed by atoms with Gasteiger partial charge in [-0.1, -0.05) is 6.07 Å². The lowest BCUT2D eigenvalue weighted by Gasteiger charge is -2.56. The van der Waals surface area contributed by atoms with Crippen molar-refractivity contribution in [3.63, 3.8) is 0 Å². The third-order valence-electron chi connectivity index (χ3n) is 7.78. The van der Waals surface area contributed by atoms with E-state index in [4.69, 9.17) is 5.73 Å². The van der Waals surface area contributed by atoms with E-state index in [0.717, 1.165) is 17.8 Å². The van der Waals surface area contributed by atoms with Crippen molar-refractivity contribution in [2.75, 3.05) is 5.32 Å². The Labute approximate surface area is 175 Å². The number of nitrogens with zero attached hydrogens (tertiary/aromatic N) is 1. The summed E-state index contributed by atoms with van der Waals surface area (Å²) in [6, 6.07) is 6.37. The topological polar surface area (TPSA) is 94.2 Å². The lowest BCUT2D eigenvalue weighted by Crippen LogP contribution is -2.47. The predicted octanol–water partition coefficient (Wildman–Crippen LogP) is 3.59. The number of hydrogen-bond donors (Lipinski definition) is 2. The zero-order valence-electron chi connectivity index (χ0n) is 17.4. The summed E-state index contributed by atoms with van der Waals surface area (Å²) in [5, 5.41) is 4.24. The molecular formula is C24H29N3O3. The number of benzene rings is 1. The molecule has 0 saturated heterocycles. The van der Waals surface area contributed by atoms with Crippen LogP contribution in [-0.4, -0.2) is 16.4 Å². The normalized spacial score (nSPS) is 30.4. The van der Waals surface area contributed by atoms with E-state index in [-0.39, 0.29) is 16.9 Å². The van der Waals surface area contributed by atoms with Crippen LogP contribution in [0.4, 0.5) is 5.69 Å². The van der Waals surface area contributed by atoms with Crippen molar-refractivity contribution >= 4 is 28.3 Å². The van der Waals surface area contributed by atoms with Gasteiger partial charge in [0.1, 0.15) is 6.04 Å². The number of carbonyl (C=O) groups is 2. The van der Waals surface area contributed by atoms with Crippen LogP contribution < -0.4 is 16.6 Å². The highest BCUT2D eigenvalue weighted by atomic mass is 16.2. The number of fused-ring (bicyclic) bond motifs is 1. The first-order valence-corrected chi connectivity index (χ1v) is 11.1. The first-order chi connectivity index (χ1) is 14.3. The zero-order chi connectivity index (χ0) is 21.0. The average molecular weight is 408 g/mol. The maximum Gasteiger partial charge on any atom is 0.259 e. The molecule has 1 heterocycles. The highest BCUT2D eigenvalue weighted by molar-refractivity contribution is 6.02. The van der Waals surface area contributed by atoms with Crippen molar-refractivity contribution in [3.05, 3.63) is 40.8 Å². The zero-order valence-corrected chi connectivity index (χ0v) is 17.4. The Morgan fingerprint density at radius 3 is 2.33 bits per heavy atom. The Bertz CT molecular complexity index is 1050. The average Bonchev–Trinajstić information content (AvgIpc) is 2.66. The van der Waals surface area contributed by atoms with Gasteiger partial charge in [-0.3, -0.25) is 14.4 Å². The molecular weight excluding hydrogens is 378 g/mol. The molecule has 4 aliphatic rings. The highest BCUT2D eigenvalue weighted by Gasteiger charge is 2.51. The summed E-state index contributed by atoms with van der Waals surface area (Å²) in [5.41, 5.74) is 5.91. The van der Waals surface area contributed by atoms with Gasteiger partial charge < -0.3 is 15.6 Å². The summed E-state index contributed by atoms with van der Waals surface area (Å²) >= 11 is 0. The quantitative estimate of drug-likeness (QED) is 0.793. The molecule has 1 atom stereocenters. The smallest absolute Gasteiger partial charge is 0.259 e. The number of hydrogen-bond acceptors (Lipinski definition) is 3. The molecule has 2 aromatic rings. The summed E-state index contributed by atoms with van der Waals surface area (Å²) in [7, 11) is 0. The molecule has 6 nitrogen and oxygen atoms in total. The van der Waals surface area contributed by atoms with Gasteiger partial charge in [-0.25, -0.2) is 0 Å². The molecule has 2 amide bonds. The van der Waals surface area contributed by atoms with Crippen molar-refractivity contribution in [1.82, 2.24) is 4.57 Å². The number of aromatic nitrogens is 1. The largest absolute Gasteiger partial charge is 0.368 e. The Kier molecular flexibility index (Phi) is 4.49. The van der Waals surface area contributed by atoms with Crippen LogP contribution in [0.1, 0.15) is 57.9 Å². The third kappa shape index (κ3) is 3.22. The van der Waals surface area contributed by atoms with Gasteiger partial charge in [0.25, 0.3) is 5.56 Å². The summed E-state index contributed by atoms with van der Waals surface area (Å²) in [4.78, 5) is 37.4. The van der Waals surface area contributed by atoms with E-state index >= 15 is 0 Å². The van der Waals surface area contributed by atoms with E-state index < -0.39 is 11.9 Å².